The SMILES string of the molecule is C=CCN1CC(=O)N2[C@@H](Cc3ccc(O)cc3)C(=O)N(Cc3ccc(N)c([N+](=O)[O-])c3)C[C@@H]2N1C(=O)NCc1ccccc1. The van der Waals surface area contributed by atoms with Crippen molar-refractivity contribution >= 4 is 29.2 Å². The quantitative estimate of drug-likeness (QED) is 0.146. The summed E-state index contributed by atoms with van der Waals surface area (Å²) in [5, 5.41) is 27.3. The van der Waals surface area contributed by atoms with Crippen molar-refractivity contribution in [3.05, 3.63) is 112 Å². The number of hydrogen-bond acceptors (Lipinski definition) is 8. The van der Waals surface area contributed by atoms with E-state index < -0.39 is 23.2 Å². The lowest BCUT2D eigenvalue weighted by Crippen LogP contribution is -2.76. The summed E-state index contributed by atoms with van der Waals surface area (Å²) in [4.78, 5) is 55.4. The first-order valence-corrected chi connectivity index (χ1v) is 14.0. The third-order valence-corrected chi connectivity index (χ3v) is 7.69. The Bertz CT molecular complexity index is 1570. The van der Waals surface area contributed by atoms with Gasteiger partial charge >= 0.3 is 6.03 Å². The number of phenols is 1. The highest BCUT2D eigenvalue weighted by molar-refractivity contribution is 5.91. The van der Waals surface area contributed by atoms with Crippen LogP contribution in [0.3, 0.4) is 0 Å². The number of amides is 4. The molecule has 44 heavy (non-hydrogen) atoms. The van der Waals surface area contributed by atoms with Crippen molar-refractivity contribution in [2.24, 2.45) is 0 Å². The lowest BCUT2D eigenvalue weighted by molar-refractivity contribution is -0.384. The molecule has 13 heteroatoms. The molecule has 0 unspecified atom stereocenters. The fourth-order valence-corrected chi connectivity index (χ4v) is 5.62. The van der Waals surface area contributed by atoms with Crippen LogP contribution in [0.4, 0.5) is 16.2 Å². The van der Waals surface area contributed by atoms with Crippen LogP contribution in [-0.4, -0.2) is 79.5 Å². The first-order valence-electron chi connectivity index (χ1n) is 14.0. The predicted octanol–water partition coefficient (Wildman–Crippen LogP) is 2.62. The average molecular weight is 600 g/mol. The van der Waals surface area contributed by atoms with E-state index in [1.54, 1.807) is 29.3 Å². The van der Waals surface area contributed by atoms with Crippen LogP contribution in [-0.2, 0) is 29.1 Å². The van der Waals surface area contributed by atoms with Gasteiger partial charge in [0, 0.05) is 32.1 Å². The van der Waals surface area contributed by atoms with Gasteiger partial charge in [-0.15, -0.1) is 6.58 Å². The number of phenolic OH excluding ortho intramolecular Hbond substituents is 1. The van der Waals surface area contributed by atoms with Crippen LogP contribution in [0.25, 0.3) is 0 Å². The van der Waals surface area contributed by atoms with Gasteiger partial charge in [-0.05, 0) is 34.9 Å². The minimum Gasteiger partial charge on any atom is -0.508 e. The van der Waals surface area contributed by atoms with E-state index in [1.165, 1.54) is 39.1 Å². The number of benzene rings is 3. The van der Waals surface area contributed by atoms with E-state index in [2.05, 4.69) is 11.9 Å². The van der Waals surface area contributed by atoms with Gasteiger partial charge in [-0.25, -0.2) is 14.8 Å². The van der Waals surface area contributed by atoms with Crippen LogP contribution >= 0.6 is 0 Å². The maximum absolute atomic E-state index is 14.1. The summed E-state index contributed by atoms with van der Waals surface area (Å²) in [5.41, 5.74) is 7.57. The van der Waals surface area contributed by atoms with Gasteiger partial charge in [0.25, 0.3) is 5.69 Å². The molecule has 2 saturated heterocycles. The molecular weight excluding hydrogens is 566 g/mol. The lowest BCUT2D eigenvalue weighted by Gasteiger charge is -2.55. The highest BCUT2D eigenvalue weighted by Gasteiger charge is 2.51. The minimum absolute atomic E-state index is 0.000640. The number of nitrogens with zero attached hydrogens (tertiary/aromatic N) is 5. The molecule has 228 valence electrons. The molecule has 2 heterocycles. The Hall–Kier alpha value is -5.43. The zero-order valence-corrected chi connectivity index (χ0v) is 23.9. The largest absolute Gasteiger partial charge is 0.508 e. The van der Waals surface area contributed by atoms with E-state index in [1.807, 2.05) is 30.3 Å². The number of nitrogens with one attached hydrogen (secondary N) is 1. The summed E-state index contributed by atoms with van der Waals surface area (Å²) < 4.78 is 0. The molecule has 0 aliphatic carbocycles. The first kappa shape index (κ1) is 30.0. The number of rotatable bonds is 9. The van der Waals surface area contributed by atoms with Gasteiger partial charge in [0.15, 0.2) is 0 Å². The highest BCUT2D eigenvalue weighted by atomic mass is 16.6. The average Bonchev–Trinajstić information content (AvgIpc) is 3.00. The molecule has 4 amide bonds. The maximum Gasteiger partial charge on any atom is 0.334 e. The standard InChI is InChI=1S/C31H33N7O6/c1-2-14-35-20-29(40)36-27(15-21-8-11-24(39)12-9-21)30(41)34(18-23-10-13-25(32)26(16-23)38(43)44)19-28(36)37(35)31(42)33-17-22-6-4-3-5-7-22/h2-13,16,27-28,39H,1,14-15,17-20,32H2,(H,33,42)/t27-,28-/m0/s1. The van der Waals surface area contributed by atoms with E-state index in [9.17, 15) is 29.6 Å². The number of aromatic hydroxyl groups is 1. The molecule has 0 spiro atoms. The van der Waals surface area contributed by atoms with Crippen molar-refractivity contribution in [3.63, 3.8) is 0 Å². The first-order chi connectivity index (χ1) is 21.2. The van der Waals surface area contributed by atoms with Gasteiger partial charge in [0.2, 0.25) is 11.8 Å². The third kappa shape index (κ3) is 6.32. The number of nitrogens with two attached hydrogens (primary N) is 1. The Morgan fingerprint density at radius 2 is 1.77 bits per heavy atom. The predicted molar refractivity (Wildman–Crippen MR) is 161 cm³/mol. The number of fused-ring (bicyclic) bond motifs is 1. The summed E-state index contributed by atoms with van der Waals surface area (Å²) in [6.07, 6.45) is 0.837. The smallest absolute Gasteiger partial charge is 0.334 e. The van der Waals surface area contributed by atoms with Gasteiger partial charge < -0.3 is 26.0 Å². The number of carbonyl (C=O) groups excluding carboxylic acids is 3. The third-order valence-electron chi connectivity index (χ3n) is 7.69. The van der Waals surface area contributed by atoms with Gasteiger partial charge in [-0.2, -0.15) is 0 Å². The molecule has 13 nitrogen and oxygen atoms in total. The zero-order valence-electron chi connectivity index (χ0n) is 23.9. The molecule has 0 saturated carbocycles. The van der Waals surface area contributed by atoms with Crippen molar-refractivity contribution in [2.75, 3.05) is 25.4 Å². The van der Waals surface area contributed by atoms with E-state index in [-0.39, 0.29) is 68.1 Å². The van der Waals surface area contributed by atoms with Crippen molar-refractivity contribution in [2.45, 2.75) is 31.7 Å². The van der Waals surface area contributed by atoms with Gasteiger partial charge in [-0.3, -0.25) is 19.7 Å². The molecular formula is C31H33N7O6. The van der Waals surface area contributed by atoms with Crippen LogP contribution in [0, 0.1) is 10.1 Å². The fraction of sp³-hybridized carbons (Fsp3) is 0.258. The summed E-state index contributed by atoms with van der Waals surface area (Å²) in [6.45, 7) is 4.04. The van der Waals surface area contributed by atoms with E-state index >= 15 is 0 Å². The Morgan fingerprint density at radius 3 is 2.45 bits per heavy atom. The maximum atomic E-state index is 14.1. The number of piperazine rings is 1. The van der Waals surface area contributed by atoms with Crippen molar-refractivity contribution in [3.8, 4) is 5.75 Å². The molecule has 3 aromatic carbocycles. The van der Waals surface area contributed by atoms with Gasteiger partial charge in [0.05, 0.1) is 18.0 Å². The Balaban J connectivity index is 1.51. The molecule has 0 aromatic heterocycles. The van der Waals surface area contributed by atoms with Gasteiger partial charge in [-0.1, -0.05) is 54.6 Å². The minimum atomic E-state index is -0.982. The number of nitrogen functional groups attached to an aromatic ring is 1. The number of hydrogen-bond donors (Lipinski definition) is 3. The van der Waals surface area contributed by atoms with Crippen LogP contribution in [0.1, 0.15) is 16.7 Å². The van der Waals surface area contributed by atoms with E-state index in [0.29, 0.717) is 11.1 Å². The van der Waals surface area contributed by atoms with Crippen LogP contribution < -0.4 is 11.1 Å². The molecule has 2 aliphatic rings. The monoisotopic (exact) mass is 599 g/mol. The highest BCUT2D eigenvalue weighted by Crippen LogP contribution is 2.31. The lowest BCUT2D eigenvalue weighted by atomic mass is 9.98. The number of anilines is 1. The number of urea groups is 1. The topological polar surface area (TPSA) is 166 Å². The summed E-state index contributed by atoms with van der Waals surface area (Å²) in [6, 6.07) is 18.6. The molecule has 5 rings (SSSR count). The number of hydrazine groups is 1. The molecule has 0 radical (unpaired) electrons. The van der Waals surface area contributed by atoms with Crippen LogP contribution in [0.5, 0.6) is 5.75 Å². The summed E-state index contributed by atoms with van der Waals surface area (Å²) in [7, 11) is 0. The molecule has 2 aliphatic heterocycles. The Morgan fingerprint density at radius 1 is 1.07 bits per heavy atom. The normalized spacial score (nSPS) is 18.6. The van der Waals surface area contributed by atoms with Gasteiger partial charge in [0.1, 0.15) is 23.6 Å². The fourth-order valence-electron chi connectivity index (χ4n) is 5.62. The molecule has 2 atom stereocenters. The molecule has 3 aromatic rings. The second kappa shape index (κ2) is 12.8. The number of nitro benzene ring substituents is 1. The zero-order chi connectivity index (χ0) is 31.4. The Labute approximate surface area is 253 Å². The number of nitro groups is 1. The van der Waals surface area contributed by atoms with Crippen molar-refractivity contribution in [1.29, 1.82) is 0 Å². The second-order valence-electron chi connectivity index (χ2n) is 10.7. The molecule has 4 N–H and O–H groups in total. The number of carbonyl (C=O) groups is 3. The molecule has 0 bridgehead atoms. The summed E-state index contributed by atoms with van der Waals surface area (Å²) in [5.74, 6) is -0.642. The Kier molecular flexibility index (Phi) is 8.76. The van der Waals surface area contributed by atoms with E-state index in [0.717, 1.165) is 5.56 Å². The van der Waals surface area contributed by atoms with Crippen LogP contribution in [0.15, 0.2) is 85.5 Å². The van der Waals surface area contributed by atoms with Crippen molar-refractivity contribution in [1.82, 2.24) is 25.1 Å². The second-order valence-corrected chi connectivity index (χ2v) is 10.7. The van der Waals surface area contributed by atoms with Crippen molar-refractivity contribution < 1.29 is 24.4 Å². The van der Waals surface area contributed by atoms with Crippen LogP contribution in [0.2, 0.25) is 0 Å². The molecule has 2 fully saturated rings. The summed E-state index contributed by atoms with van der Waals surface area (Å²) >= 11 is 0. The van der Waals surface area contributed by atoms with E-state index in [4.69, 9.17) is 5.73 Å².